The van der Waals surface area contributed by atoms with Crippen LogP contribution in [0.5, 0.6) is 0 Å². The molecule has 0 heterocycles. The molecule has 1 amide bonds. The van der Waals surface area contributed by atoms with Gasteiger partial charge < -0.3 is 20.6 Å². The lowest BCUT2D eigenvalue weighted by atomic mass is 10.0. The SMILES string of the molecule is CCCCCCC/C=C/CC/C=C/CCCC(O)C(O)C(CO)NC(=O)CCCCCCCCCCCCCCCCCCC/C=C\C/C=C\CCCCCCCCCCCCCCC. The van der Waals surface area contributed by atoms with E-state index in [1.807, 2.05) is 0 Å². The largest absolute Gasteiger partial charge is 0.394 e. The van der Waals surface area contributed by atoms with Gasteiger partial charge in [0.1, 0.15) is 6.10 Å². The van der Waals surface area contributed by atoms with Gasteiger partial charge in [-0.1, -0.05) is 262 Å². The van der Waals surface area contributed by atoms with Gasteiger partial charge in [0.2, 0.25) is 5.91 Å². The molecule has 0 spiro atoms. The minimum atomic E-state index is -1.17. The molecule has 0 aliphatic carbocycles. The first-order chi connectivity index (χ1) is 32.1. The monoisotopic (exact) mass is 912 g/mol. The third-order valence-corrected chi connectivity index (χ3v) is 13.4. The van der Waals surface area contributed by atoms with E-state index in [0.717, 1.165) is 51.4 Å². The minimum absolute atomic E-state index is 0.157. The highest BCUT2D eigenvalue weighted by atomic mass is 16.3. The predicted molar refractivity (Wildman–Crippen MR) is 287 cm³/mol. The van der Waals surface area contributed by atoms with Gasteiger partial charge in [-0.3, -0.25) is 4.79 Å². The van der Waals surface area contributed by atoms with Crippen LogP contribution in [0.15, 0.2) is 48.6 Å². The van der Waals surface area contributed by atoms with E-state index in [4.69, 9.17) is 0 Å². The first-order valence-electron chi connectivity index (χ1n) is 28.9. The van der Waals surface area contributed by atoms with E-state index in [2.05, 4.69) is 67.8 Å². The molecular weight excluding hydrogens is 799 g/mol. The van der Waals surface area contributed by atoms with Gasteiger partial charge in [-0.25, -0.2) is 0 Å². The third kappa shape index (κ3) is 50.0. The first-order valence-corrected chi connectivity index (χ1v) is 28.9. The van der Waals surface area contributed by atoms with Crippen LogP contribution in [0.2, 0.25) is 0 Å². The van der Waals surface area contributed by atoms with Crippen molar-refractivity contribution in [1.29, 1.82) is 0 Å². The molecule has 0 fully saturated rings. The van der Waals surface area contributed by atoms with Crippen molar-refractivity contribution in [2.24, 2.45) is 0 Å². The smallest absolute Gasteiger partial charge is 0.220 e. The number of hydrogen-bond donors (Lipinski definition) is 4. The zero-order chi connectivity index (χ0) is 47.2. The second kappa shape index (κ2) is 54.9. The second-order valence-corrected chi connectivity index (χ2v) is 19.8. The van der Waals surface area contributed by atoms with Gasteiger partial charge in [-0.2, -0.15) is 0 Å². The van der Waals surface area contributed by atoms with Gasteiger partial charge >= 0.3 is 0 Å². The van der Waals surface area contributed by atoms with Crippen LogP contribution in [-0.2, 0) is 4.79 Å². The van der Waals surface area contributed by atoms with Crippen LogP contribution in [0.3, 0.4) is 0 Å². The number of allylic oxidation sites excluding steroid dienone is 8. The Labute approximate surface area is 406 Å². The number of nitrogens with one attached hydrogen (secondary N) is 1. The molecule has 3 unspecified atom stereocenters. The number of hydrogen-bond acceptors (Lipinski definition) is 4. The van der Waals surface area contributed by atoms with Crippen molar-refractivity contribution < 1.29 is 20.1 Å². The van der Waals surface area contributed by atoms with Gasteiger partial charge in [0, 0.05) is 6.42 Å². The maximum Gasteiger partial charge on any atom is 0.220 e. The third-order valence-electron chi connectivity index (χ3n) is 13.4. The van der Waals surface area contributed by atoms with E-state index in [1.54, 1.807) is 0 Å². The van der Waals surface area contributed by atoms with Crippen molar-refractivity contribution in [3.63, 3.8) is 0 Å². The fourth-order valence-electron chi connectivity index (χ4n) is 8.92. The number of carbonyl (C=O) groups is 1. The highest BCUT2D eigenvalue weighted by Crippen LogP contribution is 2.17. The van der Waals surface area contributed by atoms with Crippen LogP contribution < -0.4 is 5.32 Å². The number of aliphatic hydroxyl groups is 3. The van der Waals surface area contributed by atoms with Crippen molar-refractivity contribution >= 4 is 5.91 Å². The molecule has 382 valence electrons. The summed E-state index contributed by atoms with van der Waals surface area (Å²) < 4.78 is 0. The lowest BCUT2D eigenvalue weighted by Crippen LogP contribution is -2.50. The fraction of sp³-hybridized carbons (Fsp3) is 0.850. The fourth-order valence-corrected chi connectivity index (χ4v) is 8.92. The van der Waals surface area contributed by atoms with Crippen LogP contribution in [-0.4, -0.2) is 46.1 Å². The number of aliphatic hydroxyl groups excluding tert-OH is 3. The number of amides is 1. The molecule has 0 rings (SSSR count). The Morgan fingerprint density at radius 2 is 0.677 bits per heavy atom. The minimum Gasteiger partial charge on any atom is -0.394 e. The molecule has 4 N–H and O–H groups in total. The average Bonchev–Trinajstić information content (AvgIpc) is 3.31. The molecule has 0 radical (unpaired) electrons. The summed E-state index contributed by atoms with van der Waals surface area (Å²) in [5, 5.41) is 33.6. The molecule has 0 saturated carbocycles. The maximum absolute atomic E-state index is 12.5. The van der Waals surface area contributed by atoms with Gasteiger partial charge in [0.05, 0.1) is 18.8 Å². The summed E-state index contributed by atoms with van der Waals surface area (Å²) in [6.45, 7) is 4.17. The Hall–Kier alpha value is -1.69. The predicted octanol–water partition coefficient (Wildman–Crippen LogP) is 18.0. The Morgan fingerprint density at radius 3 is 1.03 bits per heavy atom. The number of unbranched alkanes of at least 4 members (excludes halogenated alkanes) is 37. The Morgan fingerprint density at radius 1 is 0.385 bits per heavy atom. The normalized spacial score (nSPS) is 13.6. The Balaban J connectivity index is 3.50. The summed E-state index contributed by atoms with van der Waals surface area (Å²) in [4.78, 5) is 12.5. The summed E-state index contributed by atoms with van der Waals surface area (Å²) >= 11 is 0. The lowest BCUT2D eigenvalue weighted by molar-refractivity contribution is -0.124. The summed E-state index contributed by atoms with van der Waals surface area (Å²) in [5.74, 6) is -0.157. The topological polar surface area (TPSA) is 89.8 Å². The molecule has 0 saturated heterocycles. The van der Waals surface area contributed by atoms with Gasteiger partial charge in [-0.05, 0) is 83.5 Å². The molecule has 0 aliphatic heterocycles. The van der Waals surface area contributed by atoms with E-state index in [9.17, 15) is 20.1 Å². The molecule has 5 heteroatoms. The molecule has 5 nitrogen and oxygen atoms in total. The number of carbonyl (C=O) groups excluding carboxylic acids is 1. The van der Waals surface area contributed by atoms with E-state index < -0.39 is 18.2 Å². The zero-order valence-corrected chi connectivity index (χ0v) is 43.6. The summed E-state index contributed by atoms with van der Waals surface area (Å²) in [6, 6.07) is -0.833. The van der Waals surface area contributed by atoms with E-state index in [-0.39, 0.29) is 12.5 Å². The summed E-state index contributed by atoms with van der Waals surface area (Å²) in [5.41, 5.74) is 0. The van der Waals surface area contributed by atoms with Crippen LogP contribution in [0.1, 0.15) is 303 Å². The summed E-state index contributed by atoms with van der Waals surface area (Å²) in [6.07, 6.45) is 72.9. The molecule has 0 aromatic rings. The van der Waals surface area contributed by atoms with Crippen LogP contribution in [0.25, 0.3) is 0 Å². The van der Waals surface area contributed by atoms with Crippen molar-refractivity contribution in [3.05, 3.63) is 48.6 Å². The molecule has 65 heavy (non-hydrogen) atoms. The van der Waals surface area contributed by atoms with E-state index >= 15 is 0 Å². The van der Waals surface area contributed by atoms with Gasteiger partial charge in [-0.15, -0.1) is 0 Å². The molecule has 3 atom stereocenters. The highest BCUT2D eigenvalue weighted by molar-refractivity contribution is 5.76. The van der Waals surface area contributed by atoms with E-state index in [1.165, 1.54) is 225 Å². The van der Waals surface area contributed by atoms with Crippen LogP contribution >= 0.6 is 0 Å². The maximum atomic E-state index is 12.5. The van der Waals surface area contributed by atoms with Gasteiger partial charge in [0.25, 0.3) is 0 Å². The van der Waals surface area contributed by atoms with Crippen molar-refractivity contribution in [2.45, 2.75) is 321 Å². The average molecular weight is 913 g/mol. The second-order valence-electron chi connectivity index (χ2n) is 19.8. The van der Waals surface area contributed by atoms with Crippen LogP contribution in [0, 0.1) is 0 Å². The first kappa shape index (κ1) is 63.3. The van der Waals surface area contributed by atoms with Gasteiger partial charge in [0.15, 0.2) is 0 Å². The molecule has 0 aromatic carbocycles. The molecular formula is C60H113NO4. The molecule has 0 bridgehead atoms. The van der Waals surface area contributed by atoms with Crippen molar-refractivity contribution in [2.75, 3.05) is 6.61 Å². The quantitative estimate of drug-likeness (QED) is 0.0361. The highest BCUT2D eigenvalue weighted by Gasteiger charge is 2.26. The van der Waals surface area contributed by atoms with Crippen LogP contribution in [0.4, 0.5) is 0 Å². The molecule has 0 aliphatic rings. The molecule has 0 aromatic heterocycles. The lowest BCUT2D eigenvalue weighted by Gasteiger charge is -2.26. The van der Waals surface area contributed by atoms with Crippen molar-refractivity contribution in [3.8, 4) is 0 Å². The Bertz CT molecular complexity index is 1050. The van der Waals surface area contributed by atoms with Crippen molar-refractivity contribution in [1.82, 2.24) is 5.32 Å². The number of rotatable bonds is 53. The summed E-state index contributed by atoms with van der Waals surface area (Å²) in [7, 11) is 0. The Kier molecular flexibility index (Phi) is 53.5. The zero-order valence-electron chi connectivity index (χ0n) is 43.6. The standard InChI is InChI=1S/C60H113NO4/c1-3-5-7-9-11-13-15-17-19-20-21-22-23-24-25-26-27-28-29-30-31-32-33-34-35-36-37-38-39-40-41-43-45-47-49-51-53-55-59(64)61-57(56-62)60(65)58(63)54-52-50-48-46-44-42-18-16-14-12-10-8-6-4-2/h16,18,25-26,28-29,46,48,57-58,60,62-63,65H,3-15,17,19-24,27,30-45,47,49-56H2,1-2H3,(H,61,64)/b18-16+,26-25-,29-28-,48-46+. The van der Waals surface area contributed by atoms with E-state index in [0.29, 0.717) is 12.8 Å².